The van der Waals surface area contributed by atoms with Crippen LogP contribution in [0.25, 0.3) is 5.69 Å². The maximum Gasteiger partial charge on any atom is 0.273 e. The molecule has 1 aromatic carbocycles. The van der Waals surface area contributed by atoms with Crippen molar-refractivity contribution in [1.29, 1.82) is 0 Å². The number of amides is 1. The molecule has 0 radical (unpaired) electrons. The third-order valence-electron chi connectivity index (χ3n) is 4.48. The van der Waals surface area contributed by atoms with Crippen molar-refractivity contribution in [1.82, 2.24) is 25.6 Å². The minimum atomic E-state index is -0.143. The summed E-state index contributed by atoms with van der Waals surface area (Å²) in [6.07, 6.45) is 3.49. The molecule has 0 spiro atoms. The molecule has 1 aliphatic rings. The molecule has 0 aliphatic carbocycles. The van der Waals surface area contributed by atoms with Gasteiger partial charge in [0.2, 0.25) is 0 Å². The standard InChI is InChI=1S/C18H24ClN5O/c1-3-5-16-17(18(25)21-14-8-9-20-12(2)10-14)22-23-24(16)15-7-4-6-13(19)11-15/h4,6-7,11-12,14,20H,3,5,8-10H2,1-2H3,(H,21,25). The minimum Gasteiger partial charge on any atom is -0.348 e. The van der Waals surface area contributed by atoms with E-state index in [1.165, 1.54) is 0 Å². The Balaban J connectivity index is 1.84. The normalized spacial score (nSPS) is 20.4. The number of carbonyl (C=O) groups is 1. The summed E-state index contributed by atoms with van der Waals surface area (Å²) in [5, 5.41) is 15.5. The molecule has 2 N–H and O–H groups in total. The van der Waals surface area contributed by atoms with Crippen LogP contribution in [0.2, 0.25) is 5.02 Å². The van der Waals surface area contributed by atoms with E-state index in [0.717, 1.165) is 43.6 Å². The lowest BCUT2D eigenvalue weighted by atomic mass is 10.0. The molecular weight excluding hydrogens is 338 g/mol. The molecule has 134 valence electrons. The fourth-order valence-electron chi connectivity index (χ4n) is 3.27. The van der Waals surface area contributed by atoms with Crippen LogP contribution in [-0.2, 0) is 6.42 Å². The van der Waals surface area contributed by atoms with Crippen LogP contribution in [0, 0.1) is 0 Å². The molecule has 6 nitrogen and oxygen atoms in total. The van der Waals surface area contributed by atoms with E-state index in [1.807, 2.05) is 24.3 Å². The Hall–Kier alpha value is -1.92. The number of piperidine rings is 1. The molecule has 2 atom stereocenters. The smallest absolute Gasteiger partial charge is 0.273 e. The number of hydrogen-bond acceptors (Lipinski definition) is 4. The minimum absolute atomic E-state index is 0.143. The summed E-state index contributed by atoms with van der Waals surface area (Å²) in [6.45, 7) is 5.13. The molecule has 1 aromatic heterocycles. The maximum absolute atomic E-state index is 12.8. The second-order valence-electron chi connectivity index (χ2n) is 6.58. The number of hydrogen-bond donors (Lipinski definition) is 2. The van der Waals surface area contributed by atoms with Crippen LogP contribution in [0.15, 0.2) is 24.3 Å². The number of rotatable bonds is 5. The molecule has 1 saturated heterocycles. The van der Waals surface area contributed by atoms with E-state index in [4.69, 9.17) is 11.6 Å². The SMILES string of the molecule is CCCc1c(C(=O)NC2CCNC(C)C2)nnn1-c1cccc(Cl)c1. The molecule has 0 saturated carbocycles. The van der Waals surface area contributed by atoms with Crippen molar-refractivity contribution in [2.75, 3.05) is 6.54 Å². The van der Waals surface area contributed by atoms with Crippen LogP contribution < -0.4 is 10.6 Å². The fourth-order valence-corrected chi connectivity index (χ4v) is 3.46. The average Bonchev–Trinajstić information content (AvgIpc) is 2.99. The molecule has 1 fully saturated rings. The van der Waals surface area contributed by atoms with E-state index >= 15 is 0 Å². The monoisotopic (exact) mass is 361 g/mol. The van der Waals surface area contributed by atoms with Gasteiger partial charge in [-0.1, -0.05) is 36.2 Å². The highest BCUT2D eigenvalue weighted by atomic mass is 35.5. The molecule has 1 amide bonds. The number of benzene rings is 1. The first-order chi connectivity index (χ1) is 12.1. The second-order valence-corrected chi connectivity index (χ2v) is 7.01. The van der Waals surface area contributed by atoms with Gasteiger partial charge in [0, 0.05) is 17.1 Å². The Kier molecular flexibility index (Phi) is 5.71. The predicted octanol–water partition coefficient (Wildman–Crippen LogP) is 2.74. The summed E-state index contributed by atoms with van der Waals surface area (Å²) in [5.74, 6) is -0.143. The Bertz CT molecular complexity index is 745. The van der Waals surface area contributed by atoms with Crippen molar-refractivity contribution in [3.63, 3.8) is 0 Å². The molecular formula is C18H24ClN5O. The number of nitrogens with zero attached hydrogens (tertiary/aromatic N) is 3. The third kappa shape index (κ3) is 4.19. The van der Waals surface area contributed by atoms with Crippen molar-refractivity contribution < 1.29 is 4.79 Å². The zero-order valence-corrected chi connectivity index (χ0v) is 15.4. The van der Waals surface area contributed by atoms with Gasteiger partial charge in [-0.3, -0.25) is 4.79 Å². The van der Waals surface area contributed by atoms with Crippen molar-refractivity contribution in [2.24, 2.45) is 0 Å². The highest BCUT2D eigenvalue weighted by molar-refractivity contribution is 6.30. The van der Waals surface area contributed by atoms with Crippen LogP contribution in [-0.4, -0.2) is 39.5 Å². The molecule has 1 aliphatic heterocycles. The van der Waals surface area contributed by atoms with Gasteiger partial charge in [-0.2, -0.15) is 0 Å². The van der Waals surface area contributed by atoms with Gasteiger partial charge in [0.25, 0.3) is 5.91 Å². The van der Waals surface area contributed by atoms with E-state index in [2.05, 4.69) is 34.8 Å². The van der Waals surface area contributed by atoms with Gasteiger partial charge in [0.05, 0.1) is 11.4 Å². The molecule has 0 bridgehead atoms. The maximum atomic E-state index is 12.8. The van der Waals surface area contributed by atoms with E-state index in [9.17, 15) is 4.79 Å². The number of carbonyl (C=O) groups excluding carboxylic acids is 1. The van der Waals surface area contributed by atoms with E-state index in [0.29, 0.717) is 16.8 Å². The zero-order chi connectivity index (χ0) is 17.8. The van der Waals surface area contributed by atoms with Crippen LogP contribution in [0.3, 0.4) is 0 Å². The fraction of sp³-hybridized carbons (Fsp3) is 0.500. The lowest BCUT2D eigenvalue weighted by Crippen LogP contribution is -2.46. The average molecular weight is 362 g/mol. The molecule has 3 rings (SSSR count). The zero-order valence-electron chi connectivity index (χ0n) is 14.6. The molecule has 2 heterocycles. The topological polar surface area (TPSA) is 71.8 Å². The van der Waals surface area contributed by atoms with Crippen LogP contribution in [0.4, 0.5) is 0 Å². The van der Waals surface area contributed by atoms with E-state index < -0.39 is 0 Å². The highest BCUT2D eigenvalue weighted by Crippen LogP contribution is 2.19. The van der Waals surface area contributed by atoms with Gasteiger partial charge in [0.15, 0.2) is 5.69 Å². The van der Waals surface area contributed by atoms with Crippen LogP contribution in [0.5, 0.6) is 0 Å². The van der Waals surface area contributed by atoms with Gasteiger partial charge in [-0.25, -0.2) is 4.68 Å². The Morgan fingerprint density at radius 1 is 1.48 bits per heavy atom. The summed E-state index contributed by atoms with van der Waals surface area (Å²) in [5.41, 5.74) is 2.05. The Labute approximate surface area is 152 Å². The molecule has 2 aromatic rings. The van der Waals surface area contributed by atoms with Crippen molar-refractivity contribution in [2.45, 2.75) is 51.6 Å². The largest absolute Gasteiger partial charge is 0.348 e. The third-order valence-corrected chi connectivity index (χ3v) is 4.71. The van der Waals surface area contributed by atoms with Crippen molar-refractivity contribution in [3.8, 4) is 5.69 Å². The highest BCUT2D eigenvalue weighted by Gasteiger charge is 2.25. The lowest BCUT2D eigenvalue weighted by Gasteiger charge is -2.28. The number of halogens is 1. The van der Waals surface area contributed by atoms with Crippen LogP contribution in [0.1, 0.15) is 49.3 Å². The molecule has 7 heteroatoms. The first-order valence-corrected chi connectivity index (χ1v) is 9.21. The van der Waals surface area contributed by atoms with E-state index in [-0.39, 0.29) is 11.9 Å². The van der Waals surface area contributed by atoms with Gasteiger partial charge in [-0.05, 0) is 50.9 Å². The predicted molar refractivity (Wildman–Crippen MR) is 98.3 cm³/mol. The summed E-state index contributed by atoms with van der Waals surface area (Å²) >= 11 is 6.09. The van der Waals surface area contributed by atoms with Gasteiger partial charge in [-0.15, -0.1) is 5.10 Å². The molecule has 2 unspecified atom stereocenters. The Morgan fingerprint density at radius 2 is 2.32 bits per heavy atom. The Morgan fingerprint density at radius 3 is 3.04 bits per heavy atom. The van der Waals surface area contributed by atoms with E-state index in [1.54, 1.807) is 4.68 Å². The number of aromatic nitrogens is 3. The number of nitrogens with one attached hydrogen (secondary N) is 2. The first kappa shape index (κ1) is 17.9. The van der Waals surface area contributed by atoms with Gasteiger partial charge >= 0.3 is 0 Å². The summed E-state index contributed by atoms with van der Waals surface area (Å²) in [4.78, 5) is 12.8. The van der Waals surface area contributed by atoms with Crippen LogP contribution >= 0.6 is 11.6 Å². The van der Waals surface area contributed by atoms with Crippen molar-refractivity contribution in [3.05, 3.63) is 40.7 Å². The first-order valence-electron chi connectivity index (χ1n) is 8.83. The lowest BCUT2D eigenvalue weighted by molar-refractivity contribution is 0.0919. The molecule has 25 heavy (non-hydrogen) atoms. The van der Waals surface area contributed by atoms with Crippen molar-refractivity contribution >= 4 is 17.5 Å². The summed E-state index contributed by atoms with van der Waals surface area (Å²) in [7, 11) is 0. The van der Waals surface area contributed by atoms with Gasteiger partial charge in [0.1, 0.15) is 0 Å². The summed E-state index contributed by atoms with van der Waals surface area (Å²) < 4.78 is 1.72. The quantitative estimate of drug-likeness (QED) is 0.859. The second kappa shape index (κ2) is 7.97. The summed E-state index contributed by atoms with van der Waals surface area (Å²) in [6, 6.07) is 8.01. The van der Waals surface area contributed by atoms with Gasteiger partial charge < -0.3 is 10.6 Å².